The van der Waals surface area contributed by atoms with Crippen molar-refractivity contribution in [3.8, 4) is 0 Å². The molecule has 8 nitrogen and oxygen atoms in total. The van der Waals surface area contributed by atoms with Crippen LogP contribution in [-0.2, 0) is 14.8 Å². The van der Waals surface area contributed by atoms with Crippen LogP contribution in [0.4, 0.5) is 20.6 Å². The highest BCUT2D eigenvalue weighted by Gasteiger charge is 2.15. The van der Waals surface area contributed by atoms with E-state index in [1.165, 1.54) is 0 Å². The molecule has 3 aromatic carbocycles. The van der Waals surface area contributed by atoms with Gasteiger partial charge in [0.05, 0.1) is 10.9 Å². The van der Waals surface area contributed by atoms with E-state index in [4.69, 9.17) is 0 Å². The van der Waals surface area contributed by atoms with Crippen LogP contribution in [0.5, 0.6) is 0 Å². The zero-order valence-corrected chi connectivity index (χ0v) is 19.2. The molecule has 0 heterocycles. The van der Waals surface area contributed by atoms with Crippen molar-refractivity contribution in [1.82, 2.24) is 10.0 Å². The van der Waals surface area contributed by atoms with Crippen molar-refractivity contribution in [3.05, 3.63) is 90.2 Å². The smallest absolute Gasteiger partial charge is 0.323 e. The molecule has 0 spiro atoms. The van der Waals surface area contributed by atoms with Crippen LogP contribution < -0.4 is 20.7 Å². The normalized spacial score (nSPS) is 11.9. The fourth-order valence-corrected chi connectivity index (χ4v) is 4.09. The van der Waals surface area contributed by atoms with Gasteiger partial charge in [-0.1, -0.05) is 30.3 Å². The van der Waals surface area contributed by atoms with E-state index in [9.17, 15) is 22.4 Å². The molecule has 0 saturated carbocycles. The molecule has 34 heavy (non-hydrogen) atoms. The zero-order chi connectivity index (χ0) is 24.6. The van der Waals surface area contributed by atoms with Crippen LogP contribution in [0, 0.1) is 5.82 Å². The summed E-state index contributed by atoms with van der Waals surface area (Å²) in [6.07, 6.45) is -0.0654. The second-order valence-corrected chi connectivity index (χ2v) is 9.23. The Bertz CT molecular complexity index is 1220. The number of hydrogen-bond donors (Lipinski definition) is 4. The molecule has 1 atom stereocenters. The van der Waals surface area contributed by atoms with Gasteiger partial charge >= 0.3 is 6.03 Å². The Morgan fingerprint density at radius 3 is 2.06 bits per heavy atom. The van der Waals surface area contributed by atoms with Gasteiger partial charge in [0.25, 0.3) is 0 Å². The lowest BCUT2D eigenvalue weighted by atomic mass is 10.1. The van der Waals surface area contributed by atoms with Crippen molar-refractivity contribution in [2.75, 3.05) is 17.2 Å². The second kappa shape index (κ2) is 11.4. The maximum Gasteiger partial charge on any atom is 0.323 e. The molecule has 0 aromatic heterocycles. The van der Waals surface area contributed by atoms with Crippen molar-refractivity contribution in [2.24, 2.45) is 0 Å². The van der Waals surface area contributed by atoms with Crippen molar-refractivity contribution in [1.29, 1.82) is 0 Å². The molecule has 0 bridgehead atoms. The Morgan fingerprint density at radius 2 is 1.44 bits per heavy atom. The van der Waals surface area contributed by atoms with E-state index in [0.717, 1.165) is 29.8 Å². The van der Waals surface area contributed by atoms with E-state index in [1.807, 2.05) is 18.2 Å². The third kappa shape index (κ3) is 7.39. The fraction of sp³-hybridized carbons (Fsp3) is 0.167. The van der Waals surface area contributed by atoms with Crippen molar-refractivity contribution < 1.29 is 22.4 Å². The maximum absolute atomic E-state index is 13.0. The van der Waals surface area contributed by atoms with Crippen LogP contribution in [0.1, 0.15) is 24.9 Å². The van der Waals surface area contributed by atoms with E-state index in [0.29, 0.717) is 11.4 Å². The first-order valence-corrected chi connectivity index (χ1v) is 12.0. The van der Waals surface area contributed by atoms with Gasteiger partial charge in [-0.05, 0) is 61.0 Å². The summed E-state index contributed by atoms with van der Waals surface area (Å²) in [6, 6.07) is 19.8. The first kappa shape index (κ1) is 24.9. The Hall–Kier alpha value is -3.76. The lowest BCUT2D eigenvalue weighted by Crippen LogP contribution is -2.32. The van der Waals surface area contributed by atoms with Crippen LogP contribution in [-0.4, -0.2) is 26.9 Å². The molecule has 0 aliphatic carbocycles. The van der Waals surface area contributed by atoms with Gasteiger partial charge in [0.1, 0.15) is 5.82 Å². The minimum Gasteiger partial charge on any atom is -0.350 e. The molecule has 0 fully saturated rings. The van der Waals surface area contributed by atoms with Crippen molar-refractivity contribution in [2.45, 2.75) is 24.3 Å². The van der Waals surface area contributed by atoms with Gasteiger partial charge in [-0.3, -0.25) is 4.79 Å². The Kier molecular flexibility index (Phi) is 8.34. The van der Waals surface area contributed by atoms with Gasteiger partial charge in [-0.25, -0.2) is 22.3 Å². The summed E-state index contributed by atoms with van der Waals surface area (Å²) >= 11 is 0. The quantitative estimate of drug-likeness (QED) is 0.367. The van der Waals surface area contributed by atoms with Gasteiger partial charge in [-0.15, -0.1) is 0 Å². The molecule has 0 aliphatic rings. The number of anilines is 2. The van der Waals surface area contributed by atoms with Crippen LogP contribution in [0.15, 0.2) is 83.8 Å². The number of halogens is 1. The van der Waals surface area contributed by atoms with E-state index < -0.39 is 15.8 Å². The van der Waals surface area contributed by atoms with Crippen LogP contribution in [0.3, 0.4) is 0 Å². The third-order valence-electron chi connectivity index (χ3n) is 4.85. The van der Waals surface area contributed by atoms with Crippen molar-refractivity contribution in [3.63, 3.8) is 0 Å². The van der Waals surface area contributed by atoms with Crippen molar-refractivity contribution >= 4 is 33.3 Å². The molecule has 3 aromatic rings. The van der Waals surface area contributed by atoms with Gasteiger partial charge in [0.2, 0.25) is 15.9 Å². The molecular weight excluding hydrogens is 459 g/mol. The Morgan fingerprint density at radius 1 is 0.853 bits per heavy atom. The predicted molar refractivity (Wildman–Crippen MR) is 128 cm³/mol. The summed E-state index contributed by atoms with van der Waals surface area (Å²) in [7, 11) is -3.82. The second-order valence-electron chi connectivity index (χ2n) is 7.46. The van der Waals surface area contributed by atoms with E-state index in [2.05, 4.69) is 20.7 Å². The standard InChI is InChI=1S/C24H25FN4O4S/c1-17(27-23(30)15-16-26-34(32,33)22-13-9-19(25)10-14-22)18-7-11-21(12-8-18)29-24(31)28-20-5-3-2-4-6-20/h2-14,17,26H,15-16H2,1H3,(H,27,30)(H2,28,29,31). The number of hydrogen-bond acceptors (Lipinski definition) is 4. The molecule has 3 amide bonds. The lowest BCUT2D eigenvalue weighted by molar-refractivity contribution is -0.121. The average molecular weight is 485 g/mol. The monoisotopic (exact) mass is 484 g/mol. The highest BCUT2D eigenvalue weighted by Crippen LogP contribution is 2.17. The maximum atomic E-state index is 13.0. The van der Waals surface area contributed by atoms with E-state index in [1.54, 1.807) is 43.3 Å². The molecule has 10 heteroatoms. The number of amides is 3. The predicted octanol–water partition coefficient (Wildman–Crippen LogP) is 4.02. The third-order valence-corrected chi connectivity index (χ3v) is 6.32. The minimum atomic E-state index is -3.82. The summed E-state index contributed by atoms with van der Waals surface area (Å²) < 4.78 is 39.6. The number of nitrogens with one attached hydrogen (secondary N) is 4. The summed E-state index contributed by atoms with van der Waals surface area (Å²) in [6.45, 7) is 1.70. The number of sulfonamides is 1. The van der Waals surface area contributed by atoms with Gasteiger partial charge in [0, 0.05) is 24.3 Å². The number of carbonyl (C=O) groups is 2. The van der Waals surface area contributed by atoms with E-state index in [-0.39, 0.29) is 35.8 Å². The first-order valence-electron chi connectivity index (χ1n) is 10.5. The largest absolute Gasteiger partial charge is 0.350 e. The van der Waals surface area contributed by atoms with Crippen LogP contribution in [0.2, 0.25) is 0 Å². The number of benzene rings is 3. The molecule has 0 radical (unpaired) electrons. The summed E-state index contributed by atoms with van der Waals surface area (Å²) in [5.74, 6) is -0.870. The van der Waals surface area contributed by atoms with Crippen LogP contribution in [0.25, 0.3) is 0 Å². The molecule has 3 rings (SSSR count). The van der Waals surface area contributed by atoms with E-state index >= 15 is 0 Å². The Labute approximate surface area is 197 Å². The molecular formula is C24H25FN4O4S. The SMILES string of the molecule is CC(NC(=O)CCNS(=O)(=O)c1ccc(F)cc1)c1ccc(NC(=O)Nc2ccccc2)cc1. The first-order chi connectivity index (χ1) is 16.2. The summed E-state index contributed by atoms with van der Waals surface area (Å²) in [5, 5.41) is 8.26. The minimum absolute atomic E-state index is 0.0654. The average Bonchev–Trinajstić information content (AvgIpc) is 2.80. The highest BCUT2D eigenvalue weighted by molar-refractivity contribution is 7.89. The fourth-order valence-electron chi connectivity index (χ4n) is 3.06. The van der Waals surface area contributed by atoms with Gasteiger partial charge < -0.3 is 16.0 Å². The number of urea groups is 1. The van der Waals surface area contributed by atoms with Crippen LogP contribution >= 0.6 is 0 Å². The topological polar surface area (TPSA) is 116 Å². The van der Waals surface area contributed by atoms with Gasteiger partial charge in [0.15, 0.2) is 0 Å². The number of para-hydroxylation sites is 1. The molecule has 1 unspecified atom stereocenters. The zero-order valence-electron chi connectivity index (χ0n) is 18.4. The summed E-state index contributed by atoms with van der Waals surface area (Å²) in [5.41, 5.74) is 2.08. The molecule has 4 N–H and O–H groups in total. The van der Waals surface area contributed by atoms with Gasteiger partial charge in [-0.2, -0.15) is 0 Å². The summed E-state index contributed by atoms with van der Waals surface area (Å²) in [4.78, 5) is 24.2. The molecule has 0 aliphatic heterocycles. The highest BCUT2D eigenvalue weighted by atomic mass is 32.2. The Balaban J connectivity index is 1.44. The molecule has 178 valence electrons. The number of carbonyl (C=O) groups excluding carboxylic acids is 2. The molecule has 0 saturated heterocycles. The lowest BCUT2D eigenvalue weighted by Gasteiger charge is -2.15. The number of rotatable bonds is 9.